The minimum Gasteiger partial charge on any atom is -0.452 e. The molecule has 3 atom stereocenters. The van der Waals surface area contributed by atoms with Crippen molar-refractivity contribution < 1.29 is 14.3 Å². The molecule has 3 unspecified atom stereocenters. The highest BCUT2D eigenvalue weighted by atomic mass is 35.5. The minimum atomic E-state index is -0.533. The number of amides is 1. The van der Waals surface area contributed by atoms with Gasteiger partial charge in [-0.25, -0.2) is 9.78 Å². The number of carbonyl (C=O) groups excluding carboxylic acids is 2. The maximum absolute atomic E-state index is 13.2. The van der Waals surface area contributed by atoms with E-state index in [0.29, 0.717) is 44.6 Å². The zero-order chi connectivity index (χ0) is 23.5. The monoisotopic (exact) mass is 464 g/mol. The van der Waals surface area contributed by atoms with Crippen LogP contribution in [-0.4, -0.2) is 29.5 Å². The number of nitrogens with one attached hydrogen (secondary N) is 1. The maximum Gasteiger partial charge on any atom is 0.339 e. The van der Waals surface area contributed by atoms with Gasteiger partial charge in [-0.2, -0.15) is 0 Å². The summed E-state index contributed by atoms with van der Waals surface area (Å²) in [5.41, 5.74) is 3.27. The highest BCUT2D eigenvalue weighted by Crippen LogP contribution is 2.32. The summed E-state index contributed by atoms with van der Waals surface area (Å²) in [7, 11) is 0. The number of benzene rings is 2. The summed E-state index contributed by atoms with van der Waals surface area (Å²) in [6.45, 7) is 5.93. The molecule has 2 aromatic carbocycles. The van der Waals surface area contributed by atoms with Gasteiger partial charge in [-0.1, -0.05) is 68.6 Å². The Morgan fingerprint density at radius 2 is 1.91 bits per heavy atom. The van der Waals surface area contributed by atoms with Crippen LogP contribution in [0.4, 0.5) is 0 Å². The first kappa shape index (κ1) is 23.2. The molecule has 3 aromatic rings. The Balaban J connectivity index is 1.57. The summed E-state index contributed by atoms with van der Waals surface area (Å²) in [5, 5.41) is 4.34. The molecule has 1 N–H and O–H groups in total. The summed E-state index contributed by atoms with van der Waals surface area (Å²) in [5.74, 6) is 0.183. The van der Waals surface area contributed by atoms with Gasteiger partial charge in [0.25, 0.3) is 5.91 Å². The molecular weight excluding hydrogens is 436 g/mol. The van der Waals surface area contributed by atoms with Crippen molar-refractivity contribution in [2.75, 3.05) is 6.61 Å². The summed E-state index contributed by atoms with van der Waals surface area (Å²) in [6.07, 6.45) is 3.25. The van der Waals surface area contributed by atoms with Crippen LogP contribution in [0.25, 0.3) is 22.2 Å². The highest BCUT2D eigenvalue weighted by Gasteiger charge is 2.28. The van der Waals surface area contributed by atoms with Crippen molar-refractivity contribution in [2.24, 2.45) is 11.8 Å². The number of esters is 1. The molecule has 172 valence electrons. The van der Waals surface area contributed by atoms with Crippen molar-refractivity contribution >= 4 is 34.4 Å². The van der Waals surface area contributed by atoms with E-state index in [4.69, 9.17) is 21.3 Å². The molecule has 1 saturated carbocycles. The van der Waals surface area contributed by atoms with Gasteiger partial charge < -0.3 is 10.1 Å². The lowest BCUT2D eigenvalue weighted by atomic mass is 9.78. The normalized spacial score (nSPS) is 20.4. The van der Waals surface area contributed by atoms with E-state index in [0.717, 1.165) is 18.4 Å². The van der Waals surface area contributed by atoms with Crippen LogP contribution in [0.5, 0.6) is 0 Å². The Hall–Kier alpha value is -2.92. The number of ether oxygens (including phenoxy) is 1. The van der Waals surface area contributed by atoms with Gasteiger partial charge in [-0.3, -0.25) is 4.79 Å². The zero-order valence-electron chi connectivity index (χ0n) is 19.2. The molecule has 0 radical (unpaired) electrons. The molecule has 0 spiro atoms. The summed E-state index contributed by atoms with van der Waals surface area (Å²) in [4.78, 5) is 30.5. The second kappa shape index (κ2) is 9.92. The fourth-order valence-corrected chi connectivity index (χ4v) is 4.91. The average molecular weight is 465 g/mol. The van der Waals surface area contributed by atoms with E-state index in [2.05, 4.69) is 19.2 Å². The van der Waals surface area contributed by atoms with Crippen LogP contribution in [0, 0.1) is 18.8 Å². The number of halogens is 1. The first-order chi connectivity index (χ1) is 15.8. The van der Waals surface area contributed by atoms with E-state index in [1.807, 2.05) is 49.4 Å². The Labute approximate surface area is 199 Å². The molecule has 0 bridgehead atoms. The molecule has 1 aliphatic carbocycles. The summed E-state index contributed by atoms with van der Waals surface area (Å²) in [6, 6.07) is 14.9. The highest BCUT2D eigenvalue weighted by molar-refractivity contribution is 6.30. The SMILES string of the molecule is Cc1c(-c2cccc(Cl)c2)nc2ccccc2c1C(=O)OCC(=O)NC1CCCC(C)C1C. The molecule has 1 aliphatic rings. The molecule has 4 rings (SSSR count). The van der Waals surface area contributed by atoms with Crippen LogP contribution in [0.1, 0.15) is 49.0 Å². The van der Waals surface area contributed by atoms with Crippen LogP contribution >= 0.6 is 11.6 Å². The van der Waals surface area contributed by atoms with Gasteiger partial charge in [-0.05, 0) is 48.9 Å². The van der Waals surface area contributed by atoms with E-state index >= 15 is 0 Å². The molecule has 0 saturated heterocycles. The average Bonchev–Trinajstić information content (AvgIpc) is 2.80. The molecule has 1 fully saturated rings. The molecule has 0 aliphatic heterocycles. The topological polar surface area (TPSA) is 68.3 Å². The van der Waals surface area contributed by atoms with E-state index < -0.39 is 5.97 Å². The third-order valence-corrected chi connectivity index (χ3v) is 7.06. The molecule has 1 aromatic heterocycles. The predicted molar refractivity (Wildman–Crippen MR) is 131 cm³/mol. The molecule has 1 heterocycles. The standard InChI is InChI=1S/C27H29ClN2O3/c1-16-8-6-13-22(17(16)2)29-24(31)15-33-27(32)25-18(3)26(19-9-7-10-20(28)14-19)30-23-12-5-4-11-21(23)25/h4-5,7,9-12,14,16-17,22H,6,8,13,15H2,1-3H3,(H,29,31). The molecule has 5 nitrogen and oxygen atoms in total. The third kappa shape index (κ3) is 5.03. The quantitative estimate of drug-likeness (QED) is 0.473. The summed E-state index contributed by atoms with van der Waals surface area (Å²) < 4.78 is 5.49. The van der Waals surface area contributed by atoms with Gasteiger partial charge in [-0.15, -0.1) is 0 Å². The number of pyridine rings is 1. The number of carbonyl (C=O) groups is 2. The van der Waals surface area contributed by atoms with Crippen molar-refractivity contribution in [2.45, 2.75) is 46.1 Å². The van der Waals surface area contributed by atoms with E-state index in [1.54, 1.807) is 6.07 Å². The Bertz CT molecular complexity index is 1190. The summed E-state index contributed by atoms with van der Waals surface area (Å²) >= 11 is 6.19. The Morgan fingerprint density at radius 1 is 1.12 bits per heavy atom. The van der Waals surface area contributed by atoms with Crippen LogP contribution in [0.2, 0.25) is 5.02 Å². The Kier molecular flexibility index (Phi) is 6.99. The van der Waals surface area contributed by atoms with Crippen LogP contribution in [-0.2, 0) is 9.53 Å². The van der Waals surface area contributed by atoms with Crippen LogP contribution < -0.4 is 5.32 Å². The number of rotatable bonds is 5. The zero-order valence-corrected chi connectivity index (χ0v) is 20.0. The first-order valence-electron chi connectivity index (χ1n) is 11.5. The van der Waals surface area contributed by atoms with Gasteiger partial charge in [0.1, 0.15) is 0 Å². The maximum atomic E-state index is 13.2. The van der Waals surface area contributed by atoms with Crippen molar-refractivity contribution in [1.29, 1.82) is 0 Å². The van der Waals surface area contributed by atoms with Gasteiger partial charge in [0.15, 0.2) is 6.61 Å². The Morgan fingerprint density at radius 3 is 2.70 bits per heavy atom. The van der Waals surface area contributed by atoms with E-state index in [1.165, 1.54) is 6.42 Å². The second-order valence-electron chi connectivity index (χ2n) is 9.01. The van der Waals surface area contributed by atoms with Gasteiger partial charge >= 0.3 is 5.97 Å². The van der Waals surface area contributed by atoms with Gasteiger partial charge in [0, 0.05) is 22.0 Å². The fraction of sp³-hybridized carbons (Fsp3) is 0.370. The number of para-hydroxylation sites is 1. The third-order valence-electron chi connectivity index (χ3n) is 6.83. The van der Waals surface area contributed by atoms with Gasteiger partial charge in [0.05, 0.1) is 16.8 Å². The van der Waals surface area contributed by atoms with E-state index in [-0.39, 0.29) is 18.6 Å². The van der Waals surface area contributed by atoms with Crippen molar-refractivity contribution in [3.05, 3.63) is 64.7 Å². The molecular formula is C27H29ClN2O3. The van der Waals surface area contributed by atoms with Gasteiger partial charge in [0.2, 0.25) is 0 Å². The number of nitrogens with zero attached hydrogens (tertiary/aromatic N) is 1. The molecule has 1 amide bonds. The number of hydrogen-bond acceptors (Lipinski definition) is 4. The minimum absolute atomic E-state index is 0.123. The van der Waals surface area contributed by atoms with Crippen molar-refractivity contribution in [3.63, 3.8) is 0 Å². The lowest BCUT2D eigenvalue weighted by molar-refractivity contribution is -0.125. The van der Waals surface area contributed by atoms with E-state index in [9.17, 15) is 9.59 Å². The van der Waals surface area contributed by atoms with Crippen LogP contribution in [0.3, 0.4) is 0 Å². The predicted octanol–water partition coefficient (Wildman–Crippen LogP) is 5.96. The largest absolute Gasteiger partial charge is 0.452 e. The first-order valence-corrected chi connectivity index (χ1v) is 11.8. The van der Waals surface area contributed by atoms with Crippen molar-refractivity contribution in [1.82, 2.24) is 10.3 Å². The van der Waals surface area contributed by atoms with Crippen LogP contribution in [0.15, 0.2) is 48.5 Å². The second-order valence-corrected chi connectivity index (χ2v) is 9.44. The molecule has 33 heavy (non-hydrogen) atoms. The lowest BCUT2D eigenvalue weighted by Crippen LogP contribution is -2.45. The fourth-order valence-electron chi connectivity index (χ4n) is 4.72. The smallest absolute Gasteiger partial charge is 0.339 e. The number of aromatic nitrogens is 1. The number of fused-ring (bicyclic) bond motifs is 1. The van der Waals surface area contributed by atoms with Crippen molar-refractivity contribution in [3.8, 4) is 11.3 Å². The lowest BCUT2D eigenvalue weighted by Gasteiger charge is -2.34. The number of hydrogen-bond donors (Lipinski definition) is 1. The molecule has 6 heteroatoms.